The monoisotopic (exact) mass is 642 g/mol. The summed E-state index contributed by atoms with van der Waals surface area (Å²) in [4.78, 5) is 51.3. The maximum Gasteiger partial charge on any atom is 0.407 e. The molecule has 0 spiro atoms. The number of hydrogen-bond acceptors (Lipinski definition) is 5. The first-order valence-electron chi connectivity index (χ1n) is 15.5. The molecule has 12 heteroatoms. The van der Waals surface area contributed by atoms with Crippen molar-refractivity contribution in [2.45, 2.75) is 50.2 Å². The first-order valence-corrected chi connectivity index (χ1v) is 16.3. The second kappa shape index (κ2) is 13.1. The summed E-state index contributed by atoms with van der Waals surface area (Å²) in [6.07, 6.45) is 2.35. The van der Waals surface area contributed by atoms with Gasteiger partial charge in [0.1, 0.15) is 0 Å². The number of carboxylic acid groups (broad SMARTS) is 1. The summed E-state index contributed by atoms with van der Waals surface area (Å²) < 4.78 is 1.74. The van der Waals surface area contributed by atoms with Crippen molar-refractivity contribution in [3.63, 3.8) is 0 Å². The number of carbonyl (C=O) groups is 2. The minimum absolute atomic E-state index is 0.0535. The number of benzene rings is 2. The second-order valence-corrected chi connectivity index (χ2v) is 13.3. The van der Waals surface area contributed by atoms with Crippen LogP contribution >= 0.6 is 23.2 Å². The highest BCUT2D eigenvalue weighted by Crippen LogP contribution is 2.35. The number of nitrogens with zero attached hydrogens (tertiary/aromatic N) is 5. The van der Waals surface area contributed by atoms with Gasteiger partial charge in [-0.15, -0.1) is 0 Å². The minimum atomic E-state index is -1.06. The number of H-pyrrole nitrogens is 1. The van der Waals surface area contributed by atoms with E-state index in [2.05, 4.69) is 21.8 Å². The summed E-state index contributed by atoms with van der Waals surface area (Å²) in [6, 6.07) is 12.5. The summed E-state index contributed by atoms with van der Waals surface area (Å²) in [5.74, 6) is -0.704. The molecule has 1 aromatic heterocycles. The lowest BCUT2D eigenvalue weighted by atomic mass is 9.82. The van der Waals surface area contributed by atoms with Gasteiger partial charge in [0.25, 0.3) is 0 Å². The third-order valence-corrected chi connectivity index (χ3v) is 10.6. The first-order chi connectivity index (χ1) is 21.2. The Morgan fingerprint density at radius 1 is 0.932 bits per heavy atom. The molecule has 3 aliphatic rings. The van der Waals surface area contributed by atoms with E-state index in [1.807, 2.05) is 35.2 Å². The zero-order valence-electron chi connectivity index (χ0n) is 25.0. The molecule has 3 atom stereocenters. The van der Waals surface area contributed by atoms with Gasteiger partial charge < -0.3 is 24.8 Å². The maximum atomic E-state index is 14.5. The van der Waals surface area contributed by atoms with Crippen LogP contribution in [0, 0.1) is 5.92 Å². The number of halogens is 2. The number of aromatic amines is 1. The zero-order valence-corrected chi connectivity index (χ0v) is 26.5. The van der Waals surface area contributed by atoms with Crippen molar-refractivity contribution in [2.24, 2.45) is 5.92 Å². The molecule has 2 unspecified atom stereocenters. The first kappa shape index (κ1) is 31.0. The van der Waals surface area contributed by atoms with E-state index < -0.39 is 18.1 Å². The molecule has 3 saturated heterocycles. The van der Waals surface area contributed by atoms with Gasteiger partial charge in [-0.3, -0.25) is 14.3 Å². The van der Waals surface area contributed by atoms with Crippen LogP contribution in [0.1, 0.15) is 37.3 Å². The number of carbonyl (C=O) groups excluding carboxylic acids is 1. The molecule has 3 fully saturated rings. The Balaban J connectivity index is 1.28. The fraction of sp³-hybridized carbons (Fsp3) is 0.531. The van der Waals surface area contributed by atoms with E-state index >= 15 is 0 Å². The third kappa shape index (κ3) is 6.36. The summed E-state index contributed by atoms with van der Waals surface area (Å²) in [5.41, 5.74) is 2.11. The zero-order chi connectivity index (χ0) is 31.0. The van der Waals surface area contributed by atoms with E-state index in [0.717, 1.165) is 55.6 Å². The van der Waals surface area contributed by atoms with Gasteiger partial charge in [-0.05, 0) is 82.1 Å². The Hall–Kier alpha value is -3.05. The number of piperazine rings is 1. The van der Waals surface area contributed by atoms with Gasteiger partial charge in [-0.25, -0.2) is 9.59 Å². The van der Waals surface area contributed by atoms with Gasteiger partial charge in [0.05, 0.1) is 27.0 Å². The van der Waals surface area contributed by atoms with Crippen LogP contribution < -0.4 is 5.69 Å². The van der Waals surface area contributed by atoms with Crippen molar-refractivity contribution in [3.05, 3.63) is 68.6 Å². The van der Waals surface area contributed by atoms with Crippen LogP contribution in [0.3, 0.4) is 0 Å². The molecule has 2 aromatic carbocycles. The number of aromatic nitrogens is 2. The highest BCUT2D eigenvalue weighted by Gasteiger charge is 2.43. The average Bonchev–Trinajstić information content (AvgIpc) is 3.37. The number of para-hydroxylation sites is 2. The van der Waals surface area contributed by atoms with Crippen molar-refractivity contribution in [1.29, 1.82) is 0 Å². The topological polar surface area (TPSA) is 105 Å². The van der Waals surface area contributed by atoms with Crippen LogP contribution in [0.2, 0.25) is 10.0 Å². The Kier molecular flexibility index (Phi) is 9.23. The van der Waals surface area contributed by atoms with Crippen LogP contribution in [-0.2, 0) is 11.2 Å². The highest BCUT2D eigenvalue weighted by molar-refractivity contribution is 6.42. The van der Waals surface area contributed by atoms with Crippen LogP contribution in [0.15, 0.2) is 47.3 Å². The lowest BCUT2D eigenvalue weighted by Gasteiger charge is -2.45. The largest absolute Gasteiger partial charge is 0.465 e. The number of piperidine rings is 2. The van der Waals surface area contributed by atoms with Crippen molar-refractivity contribution < 1.29 is 14.7 Å². The molecule has 3 aromatic rings. The van der Waals surface area contributed by atoms with Gasteiger partial charge in [0, 0.05) is 50.8 Å². The Morgan fingerprint density at radius 3 is 2.34 bits per heavy atom. The van der Waals surface area contributed by atoms with Gasteiger partial charge in [0.2, 0.25) is 5.91 Å². The molecular weight excluding hydrogens is 603 g/mol. The fourth-order valence-electron chi connectivity index (χ4n) is 7.48. The molecule has 3 aliphatic heterocycles. The third-order valence-electron chi connectivity index (χ3n) is 9.90. The normalized spacial score (nSPS) is 23.2. The molecule has 0 radical (unpaired) electrons. The van der Waals surface area contributed by atoms with Crippen LogP contribution in [0.4, 0.5) is 4.79 Å². The number of rotatable bonds is 6. The fourth-order valence-corrected chi connectivity index (χ4v) is 7.80. The molecule has 0 aliphatic carbocycles. The predicted octanol–water partition coefficient (Wildman–Crippen LogP) is 4.42. The number of fused-ring (bicyclic) bond motifs is 1. The Morgan fingerprint density at radius 2 is 1.64 bits per heavy atom. The summed E-state index contributed by atoms with van der Waals surface area (Å²) in [5, 5.41) is 11.1. The van der Waals surface area contributed by atoms with Gasteiger partial charge in [-0.2, -0.15) is 0 Å². The van der Waals surface area contributed by atoms with Gasteiger partial charge >= 0.3 is 11.8 Å². The SMILES string of the molecule is CN1CCC(N2CCN(C(=O)C(Cc3ccc(Cl)c(Cl)c3)[C@H]3CC(n4c(=O)[nH]c5ccccc54)CCN3C(=O)O)CC2)CC1. The van der Waals surface area contributed by atoms with Crippen molar-refractivity contribution in [3.8, 4) is 0 Å². The maximum absolute atomic E-state index is 14.5. The lowest BCUT2D eigenvalue weighted by molar-refractivity contribution is -0.140. The molecule has 2 N–H and O–H groups in total. The van der Waals surface area contributed by atoms with Crippen LogP contribution in [0.5, 0.6) is 0 Å². The van der Waals surface area contributed by atoms with E-state index in [9.17, 15) is 19.5 Å². The molecule has 236 valence electrons. The molecule has 0 saturated carbocycles. The van der Waals surface area contributed by atoms with Crippen molar-refractivity contribution in [1.82, 2.24) is 29.2 Å². The number of imidazole rings is 1. The predicted molar refractivity (Wildman–Crippen MR) is 172 cm³/mol. The van der Waals surface area contributed by atoms with Gasteiger partial charge in [0.15, 0.2) is 0 Å². The van der Waals surface area contributed by atoms with E-state index in [1.165, 1.54) is 4.90 Å². The van der Waals surface area contributed by atoms with Crippen molar-refractivity contribution in [2.75, 3.05) is 52.9 Å². The average molecular weight is 644 g/mol. The number of amides is 2. The highest BCUT2D eigenvalue weighted by atomic mass is 35.5. The molecule has 4 heterocycles. The minimum Gasteiger partial charge on any atom is -0.465 e. The van der Waals surface area contributed by atoms with Crippen LogP contribution in [0.25, 0.3) is 11.0 Å². The van der Waals surface area contributed by atoms with Gasteiger partial charge in [-0.1, -0.05) is 41.4 Å². The quantitative estimate of drug-likeness (QED) is 0.413. The van der Waals surface area contributed by atoms with E-state index in [4.69, 9.17) is 23.2 Å². The second-order valence-electron chi connectivity index (χ2n) is 12.5. The lowest BCUT2D eigenvalue weighted by Crippen LogP contribution is -2.58. The molecule has 44 heavy (non-hydrogen) atoms. The summed E-state index contributed by atoms with van der Waals surface area (Å²) in [6.45, 7) is 5.22. The smallest absolute Gasteiger partial charge is 0.407 e. The molecular formula is C32H40Cl2N6O4. The Bertz CT molecular complexity index is 1560. The number of hydrogen-bond donors (Lipinski definition) is 2. The summed E-state index contributed by atoms with van der Waals surface area (Å²) >= 11 is 12.6. The standard InChI is InChI=1S/C32H40Cl2N6O4/c1-36-11-8-22(9-12-36)37-14-16-38(17-15-37)30(41)24(18-21-6-7-25(33)26(34)19-21)29-20-23(10-13-39(29)32(43)44)40-28-5-3-2-4-27(28)35-31(40)42/h2-7,19,22-24,29H,8-18,20H2,1H3,(H,35,42)(H,43,44)/t23?,24?,29-/m1/s1. The Labute approximate surface area is 267 Å². The summed E-state index contributed by atoms with van der Waals surface area (Å²) in [7, 11) is 2.16. The van der Waals surface area contributed by atoms with E-state index in [0.29, 0.717) is 48.4 Å². The van der Waals surface area contributed by atoms with Crippen molar-refractivity contribution >= 4 is 46.2 Å². The number of nitrogens with one attached hydrogen (secondary N) is 1. The molecule has 6 rings (SSSR count). The van der Waals surface area contributed by atoms with E-state index in [1.54, 1.807) is 16.7 Å². The van der Waals surface area contributed by atoms with E-state index in [-0.39, 0.29) is 24.2 Å². The number of likely N-dealkylation sites (tertiary alicyclic amines) is 2. The van der Waals surface area contributed by atoms with Crippen LogP contribution in [-0.4, -0.2) is 111 Å². The molecule has 2 amide bonds. The molecule has 0 bridgehead atoms. The molecule has 10 nitrogen and oxygen atoms in total.